The molecule has 0 aliphatic rings. The molecule has 17 heavy (non-hydrogen) atoms. The van der Waals surface area contributed by atoms with Gasteiger partial charge >= 0.3 is 0 Å². The van der Waals surface area contributed by atoms with Crippen molar-refractivity contribution in [1.82, 2.24) is 4.98 Å². The fourth-order valence-electron chi connectivity index (χ4n) is 1.36. The van der Waals surface area contributed by atoms with Gasteiger partial charge < -0.3 is 5.73 Å². The van der Waals surface area contributed by atoms with Gasteiger partial charge in [-0.1, -0.05) is 23.9 Å². The third-order valence-corrected chi connectivity index (χ3v) is 4.38. The normalized spacial score (nSPS) is 10.4. The molecule has 5 heteroatoms. The van der Waals surface area contributed by atoms with E-state index in [9.17, 15) is 4.79 Å². The van der Waals surface area contributed by atoms with Gasteiger partial charge in [0.2, 0.25) is 5.91 Å². The first-order valence-electron chi connectivity index (χ1n) is 5.09. The minimum atomic E-state index is -0.387. The highest BCUT2D eigenvalue weighted by Gasteiger charge is 2.03. The van der Waals surface area contributed by atoms with Crippen molar-refractivity contribution in [3.05, 3.63) is 46.5 Å². The number of benzene rings is 1. The van der Waals surface area contributed by atoms with Crippen LogP contribution in [-0.4, -0.2) is 10.9 Å². The van der Waals surface area contributed by atoms with Crippen molar-refractivity contribution in [2.45, 2.75) is 17.0 Å². The summed E-state index contributed by atoms with van der Waals surface area (Å²) in [5.41, 5.74) is 7.92. The molecule has 0 radical (unpaired) electrons. The zero-order chi connectivity index (χ0) is 12.3. The predicted octanol–water partition coefficient (Wildman–Crippen LogP) is 2.84. The smallest absolute Gasteiger partial charge is 0.248 e. The quantitative estimate of drug-likeness (QED) is 0.864. The summed E-state index contributed by atoms with van der Waals surface area (Å²) in [6.07, 6.45) is 0. The summed E-state index contributed by atoms with van der Waals surface area (Å²) in [6, 6.07) is 7.39. The first-order chi connectivity index (χ1) is 8.15. The molecule has 2 rings (SSSR count). The van der Waals surface area contributed by atoms with E-state index in [4.69, 9.17) is 5.73 Å². The van der Waals surface area contributed by atoms with Gasteiger partial charge in [-0.2, -0.15) is 0 Å². The second-order valence-electron chi connectivity index (χ2n) is 3.61. The number of nitrogens with two attached hydrogens (primary N) is 1. The maximum absolute atomic E-state index is 11.0. The summed E-state index contributed by atoms with van der Waals surface area (Å²) < 4.78 is 1.05. The van der Waals surface area contributed by atoms with Crippen molar-refractivity contribution < 1.29 is 4.79 Å². The third kappa shape index (κ3) is 3.31. The minimum absolute atomic E-state index is 0.387. The lowest BCUT2D eigenvalue weighted by atomic mass is 10.1. The van der Waals surface area contributed by atoms with Crippen LogP contribution in [0.1, 0.15) is 21.6 Å². The van der Waals surface area contributed by atoms with E-state index in [0.29, 0.717) is 5.56 Å². The summed E-state index contributed by atoms with van der Waals surface area (Å²) in [4.78, 5) is 15.4. The molecule has 1 amide bonds. The van der Waals surface area contributed by atoms with Gasteiger partial charge in [0.05, 0.1) is 0 Å². The third-order valence-electron chi connectivity index (χ3n) is 2.17. The summed E-state index contributed by atoms with van der Waals surface area (Å²) in [5, 5.41) is 2.03. The predicted molar refractivity (Wildman–Crippen MR) is 71.4 cm³/mol. The highest BCUT2D eigenvalue weighted by atomic mass is 32.2. The number of rotatable bonds is 4. The molecule has 0 saturated carbocycles. The summed E-state index contributed by atoms with van der Waals surface area (Å²) in [7, 11) is 0. The SMILES string of the molecule is Cc1csc(SCc2cccc(C(N)=O)c2)n1. The summed E-state index contributed by atoms with van der Waals surface area (Å²) in [6.45, 7) is 1.98. The monoisotopic (exact) mass is 264 g/mol. The second-order valence-corrected chi connectivity index (χ2v) is 5.69. The van der Waals surface area contributed by atoms with Crippen molar-refractivity contribution in [1.29, 1.82) is 0 Å². The Balaban J connectivity index is 2.04. The molecule has 3 nitrogen and oxygen atoms in total. The van der Waals surface area contributed by atoms with Crippen LogP contribution in [0.2, 0.25) is 0 Å². The van der Waals surface area contributed by atoms with Gasteiger partial charge in [0.25, 0.3) is 0 Å². The van der Waals surface area contributed by atoms with E-state index in [2.05, 4.69) is 4.98 Å². The standard InChI is InChI=1S/C12H12N2OS2/c1-8-6-16-12(14-8)17-7-9-3-2-4-10(5-9)11(13)15/h2-6H,7H2,1H3,(H2,13,15). The number of thiazole rings is 1. The highest BCUT2D eigenvalue weighted by molar-refractivity contribution is 8.00. The average Bonchev–Trinajstić information content (AvgIpc) is 2.73. The van der Waals surface area contributed by atoms with Crippen LogP contribution in [0.5, 0.6) is 0 Å². The van der Waals surface area contributed by atoms with Gasteiger partial charge in [0.15, 0.2) is 0 Å². The molecule has 2 aromatic rings. The number of aromatic nitrogens is 1. The molecule has 1 aromatic heterocycles. The Morgan fingerprint density at radius 1 is 1.53 bits per heavy atom. The molecular formula is C12H12N2OS2. The molecule has 0 atom stereocenters. The van der Waals surface area contributed by atoms with Crippen molar-refractivity contribution in [2.24, 2.45) is 5.73 Å². The van der Waals surface area contributed by atoms with Crippen LogP contribution in [0, 0.1) is 6.92 Å². The molecule has 2 N–H and O–H groups in total. The van der Waals surface area contributed by atoms with Crippen LogP contribution in [0.3, 0.4) is 0 Å². The lowest BCUT2D eigenvalue weighted by Crippen LogP contribution is -2.10. The zero-order valence-corrected chi connectivity index (χ0v) is 11.0. The van der Waals surface area contributed by atoms with Gasteiger partial charge in [-0.3, -0.25) is 4.79 Å². The molecule has 0 spiro atoms. The first-order valence-corrected chi connectivity index (χ1v) is 6.95. The Morgan fingerprint density at radius 3 is 3.00 bits per heavy atom. The minimum Gasteiger partial charge on any atom is -0.366 e. The Bertz CT molecular complexity index is 537. The fraction of sp³-hybridized carbons (Fsp3) is 0.167. The van der Waals surface area contributed by atoms with Crippen molar-refractivity contribution in [2.75, 3.05) is 0 Å². The van der Waals surface area contributed by atoms with Gasteiger partial charge in [0, 0.05) is 22.4 Å². The van der Waals surface area contributed by atoms with E-state index in [1.54, 1.807) is 29.2 Å². The van der Waals surface area contributed by atoms with Crippen LogP contribution in [-0.2, 0) is 5.75 Å². The number of carbonyl (C=O) groups excluding carboxylic acids is 1. The van der Waals surface area contributed by atoms with Gasteiger partial charge in [-0.05, 0) is 24.6 Å². The Labute approximate surface area is 108 Å². The fourth-order valence-corrected chi connectivity index (χ4v) is 3.15. The number of thioether (sulfide) groups is 1. The number of hydrogen-bond donors (Lipinski definition) is 1. The molecule has 1 aromatic carbocycles. The maximum Gasteiger partial charge on any atom is 0.248 e. The number of carbonyl (C=O) groups is 1. The van der Waals surface area contributed by atoms with Gasteiger partial charge in [-0.15, -0.1) is 11.3 Å². The zero-order valence-electron chi connectivity index (χ0n) is 9.34. The Morgan fingerprint density at radius 2 is 2.35 bits per heavy atom. The van der Waals surface area contributed by atoms with Gasteiger partial charge in [-0.25, -0.2) is 4.98 Å². The Kier molecular flexibility index (Phi) is 3.81. The summed E-state index contributed by atoms with van der Waals surface area (Å²) >= 11 is 3.31. The molecule has 0 unspecified atom stereocenters. The van der Waals surface area contributed by atoms with E-state index < -0.39 is 0 Å². The topological polar surface area (TPSA) is 56.0 Å². The number of amides is 1. The van der Waals surface area contributed by atoms with Crippen LogP contribution in [0.25, 0.3) is 0 Å². The first kappa shape index (κ1) is 12.1. The number of nitrogens with zero attached hydrogens (tertiary/aromatic N) is 1. The Hall–Kier alpha value is -1.33. The lowest BCUT2D eigenvalue weighted by molar-refractivity contribution is 0.1000. The molecule has 0 aliphatic heterocycles. The number of hydrogen-bond acceptors (Lipinski definition) is 4. The van der Waals surface area contributed by atoms with E-state index in [0.717, 1.165) is 21.3 Å². The van der Waals surface area contributed by atoms with Crippen LogP contribution in [0.4, 0.5) is 0 Å². The van der Waals surface area contributed by atoms with E-state index >= 15 is 0 Å². The molecule has 1 heterocycles. The van der Waals surface area contributed by atoms with Crippen molar-refractivity contribution >= 4 is 29.0 Å². The maximum atomic E-state index is 11.0. The number of aryl methyl sites for hydroxylation is 1. The molecule has 0 fully saturated rings. The summed E-state index contributed by atoms with van der Waals surface area (Å²) in [5.74, 6) is 0.413. The molecule has 0 aliphatic carbocycles. The molecule has 88 valence electrons. The van der Waals surface area contributed by atoms with E-state index in [1.165, 1.54) is 0 Å². The second kappa shape index (κ2) is 5.33. The van der Waals surface area contributed by atoms with Crippen LogP contribution >= 0.6 is 23.1 Å². The van der Waals surface area contributed by atoms with Crippen molar-refractivity contribution in [3.8, 4) is 0 Å². The molecule has 0 saturated heterocycles. The molecular weight excluding hydrogens is 252 g/mol. The largest absolute Gasteiger partial charge is 0.366 e. The highest BCUT2D eigenvalue weighted by Crippen LogP contribution is 2.26. The molecule has 0 bridgehead atoms. The number of primary amides is 1. The van der Waals surface area contributed by atoms with E-state index in [1.807, 2.05) is 30.5 Å². The van der Waals surface area contributed by atoms with Crippen LogP contribution < -0.4 is 5.73 Å². The lowest BCUT2D eigenvalue weighted by Gasteiger charge is -2.01. The van der Waals surface area contributed by atoms with Crippen molar-refractivity contribution in [3.63, 3.8) is 0 Å². The average molecular weight is 264 g/mol. The van der Waals surface area contributed by atoms with Crippen LogP contribution in [0.15, 0.2) is 34.0 Å². The van der Waals surface area contributed by atoms with Gasteiger partial charge in [0.1, 0.15) is 4.34 Å². The van der Waals surface area contributed by atoms with E-state index in [-0.39, 0.29) is 5.91 Å².